The second kappa shape index (κ2) is 8.31. The monoisotopic (exact) mass is 370 g/mol. The highest BCUT2D eigenvalue weighted by atomic mass is 16.6. The van der Waals surface area contributed by atoms with Crippen LogP contribution in [0.15, 0.2) is 36.4 Å². The molecule has 2 N–H and O–H groups in total. The number of rotatable bonds is 6. The Kier molecular flexibility index (Phi) is 6.12. The third-order valence-corrected chi connectivity index (χ3v) is 4.33. The number of likely N-dealkylation sites (N-methyl/N-ethyl adjacent to an activating group) is 1. The van der Waals surface area contributed by atoms with Crippen molar-refractivity contribution >= 4 is 28.9 Å². The summed E-state index contributed by atoms with van der Waals surface area (Å²) in [6.45, 7) is 3.87. The van der Waals surface area contributed by atoms with Crippen molar-refractivity contribution in [2.45, 2.75) is 13.8 Å². The molecular weight excluding hydrogens is 348 g/mol. The molecule has 0 saturated carbocycles. The molecule has 2 amide bonds. The number of hydrogen-bond donors (Lipinski definition) is 2. The first-order valence-electron chi connectivity index (χ1n) is 8.32. The molecule has 142 valence electrons. The molecule has 0 aliphatic rings. The van der Waals surface area contributed by atoms with Gasteiger partial charge in [0.25, 0.3) is 11.6 Å². The number of carbonyl (C=O) groups is 2. The molecule has 0 atom stereocenters. The highest BCUT2D eigenvalue weighted by molar-refractivity contribution is 6.01. The number of benzene rings is 2. The third-order valence-electron chi connectivity index (χ3n) is 4.33. The third kappa shape index (κ3) is 4.60. The number of hydrogen-bond acceptors (Lipinski definition) is 5. The normalized spacial score (nSPS) is 10.2. The van der Waals surface area contributed by atoms with Crippen molar-refractivity contribution in [2.24, 2.45) is 0 Å². The van der Waals surface area contributed by atoms with Crippen LogP contribution in [-0.4, -0.2) is 37.4 Å². The fourth-order valence-corrected chi connectivity index (χ4v) is 2.66. The summed E-state index contributed by atoms with van der Waals surface area (Å²) in [5, 5.41) is 16.3. The van der Waals surface area contributed by atoms with Gasteiger partial charge in [0.1, 0.15) is 0 Å². The second-order valence-corrected chi connectivity index (χ2v) is 6.19. The molecule has 2 aromatic rings. The maximum Gasteiger partial charge on any atom is 0.270 e. The van der Waals surface area contributed by atoms with E-state index in [2.05, 4.69) is 10.6 Å². The summed E-state index contributed by atoms with van der Waals surface area (Å²) in [5.41, 5.74) is 3.15. The standard InChI is InChI=1S/C19H22N4O4/c1-12-6-5-7-16(13(12)2)21-18(24)11-22(4)17-9-8-14(23(26)27)10-15(17)19(25)20-3/h5-10H,11H2,1-4H3,(H,20,25)(H,21,24). The van der Waals surface area contributed by atoms with Gasteiger partial charge in [-0.2, -0.15) is 0 Å². The highest BCUT2D eigenvalue weighted by Gasteiger charge is 2.19. The molecule has 8 heteroatoms. The SMILES string of the molecule is CNC(=O)c1cc([N+](=O)[O-])ccc1N(C)CC(=O)Nc1cccc(C)c1C. The number of non-ortho nitro benzene ring substituents is 1. The summed E-state index contributed by atoms with van der Waals surface area (Å²) in [4.78, 5) is 36.5. The van der Waals surface area contributed by atoms with E-state index in [1.165, 1.54) is 25.2 Å². The minimum atomic E-state index is -0.566. The van der Waals surface area contributed by atoms with E-state index >= 15 is 0 Å². The zero-order chi connectivity index (χ0) is 20.1. The molecule has 0 saturated heterocycles. The number of nitrogens with zero attached hydrogens (tertiary/aromatic N) is 2. The van der Waals surface area contributed by atoms with Crippen LogP contribution >= 0.6 is 0 Å². The highest BCUT2D eigenvalue weighted by Crippen LogP contribution is 2.25. The van der Waals surface area contributed by atoms with E-state index in [1.807, 2.05) is 32.0 Å². The van der Waals surface area contributed by atoms with Gasteiger partial charge in [-0.1, -0.05) is 12.1 Å². The number of anilines is 2. The van der Waals surface area contributed by atoms with Gasteiger partial charge in [0, 0.05) is 31.9 Å². The van der Waals surface area contributed by atoms with Gasteiger partial charge in [-0.05, 0) is 37.1 Å². The minimum absolute atomic E-state index is 0.0187. The summed E-state index contributed by atoms with van der Waals surface area (Å²) >= 11 is 0. The Morgan fingerprint density at radius 1 is 1.19 bits per heavy atom. The summed E-state index contributed by atoms with van der Waals surface area (Å²) in [6, 6.07) is 9.62. The first kappa shape index (κ1) is 19.9. The van der Waals surface area contributed by atoms with E-state index in [0.29, 0.717) is 5.69 Å². The van der Waals surface area contributed by atoms with Crippen LogP contribution in [0.4, 0.5) is 17.1 Å². The van der Waals surface area contributed by atoms with Gasteiger partial charge in [0.15, 0.2) is 0 Å². The van der Waals surface area contributed by atoms with Crippen molar-refractivity contribution in [3.05, 3.63) is 63.2 Å². The Morgan fingerprint density at radius 2 is 1.89 bits per heavy atom. The van der Waals surface area contributed by atoms with Crippen LogP contribution in [-0.2, 0) is 4.79 Å². The Balaban J connectivity index is 2.22. The number of aryl methyl sites for hydroxylation is 1. The van der Waals surface area contributed by atoms with Gasteiger partial charge in [0.2, 0.25) is 5.91 Å². The largest absolute Gasteiger partial charge is 0.365 e. The first-order chi connectivity index (χ1) is 12.7. The molecule has 0 aliphatic carbocycles. The number of nitro groups is 1. The van der Waals surface area contributed by atoms with Gasteiger partial charge in [-0.15, -0.1) is 0 Å². The molecule has 8 nitrogen and oxygen atoms in total. The van der Waals surface area contributed by atoms with Crippen molar-refractivity contribution in [1.29, 1.82) is 0 Å². The molecule has 0 spiro atoms. The average Bonchev–Trinajstić information content (AvgIpc) is 2.64. The van der Waals surface area contributed by atoms with E-state index in [9.17, 15) is 19.7 Å². The number of nitro benzene ring substituents is 1. The summed E-state index contributed by atoms with van der Waals surface area (Å²) in [5.74, 6) is -0.720. The topological polar surface area (TPSA) is 105 Å². The molecule has 0 aromatic heterocycles. The van der Waals surface area contributed by atoms with Crippen LogP contribution in [0.25, 0.3) is 0 Å². The molecule has 0 heterocycles. The summed E-state index contributed by atoms with van der Waals surface area (Å²) < 4.78 is 0. The second-order valence-electron chi connectivity index (χ2n) is 6.19. The van der Waals surface area contributed by atoms with Gasteiger partial charge >= 0.3 is 0 Å². The van der Waals surface area contributed by atoms with E-state index in [-0.39, 0.29) is 23.7 Å². The van der Waals surface area contributed by atoms with Crippen molar-refractivity contribution in [3.63, 3.8) is 0 Å². The lowest BCUT2D eigenvalue weighted by Crippen LogP contribution is -2.32. The molecule has 2 aromatic carbocycles. The van der Waals surface area contributed by atoms with Gasteiger partial charge in [-0.25, -0.2) is 0 Å². The van der Waals surface area contributed by atoms with Crippen LogP contribution in [0.2, 0.25) is 0 Å². The lowest BCUT2D eigenvalue weighted by atomic mass is 10.1. The van der Waals surface area contributed by atoms with Crippen LogP contribution in [0.3, 0.4) is 0 Å². The Hall–Kier alpha value is -3.42. The minimum Gasteiger partial charge on any atom is -0.365 e. The molecule has 27 heavy (non-hydrogen) atoms. The molecule has 0 bridgehead atoms. The zero-order valence-corrected chi connectivity index (χ0v) is 15.7. The van der Waals surface area contributed by atoms with E-state index in [0.717, 1.165) is 16.8 Å². The van der Waals surface area contributed by atoms with Crippen LogP contribution in [0.5, 0.6) is 0 Å². The molecule has 0 unspecified atom stereocenters. The van der Waals surface area contributed by atoms with E-state index < -0.39 is 10.8 Å². The Bertz CT molecular complexity index is 895. The van der Waals surface area contributed by atoms with E-state index in [4.69, 9.17) is 0 Å². The van der Waals surface area contributed by atoms with Gasteiger partial charge in [0.05, 0.1) is 22.7 Å². The number of nitrogens with one attached hydrogen (secondary N) is 2. The van der Waals surface area contributed by atoms with Crippen LogP contribution < -0.4 is 15.5 Å². The molecule has 0 fully saturated rings. The Morgan fingerprint density at radius 3 is 2.52 bits per heavy atom. The fraction of sp³-hybridized carbons (Fsp3) is 0.263. The van der Waals surface area contributed by atoms with Crippen molar-refractivity contribution in [2.75, 3.05) is 30.9 Å². The number of carbonyl (C=O) groups excluding carboxylic acids is 2. The van der Waals surface area contributed by atoms with Gasteiger partial charge < -0.3 is 15.5 Å². The zero-order valence-electron chi connectivity index (χ0n) is 15.7. The molecule has 0 radical (unpaired) electrons. The molecule has 0 aliphatic heterocycles. The quantitative estimate of drug-likeness (QED) is 0.601. The molecular formula is C19H22N4O4. The lowest BCUT2D eigenvalue weighted by Gasteiger charge is -2.21. The van der Waals surface area contributed by atoms with Crippen molar-refractivity contribution in [3.8, 4) is 0 Å². The summed E-state index contributed by atoms with van der Waals surface area (Å²) in [6.07, 6.45) is 0. The lowest BCUT2D eigenvalue weighted by molar-refractivity contribution is -0.384. The fourth-order valence-electron chi connectivity index (χ4n) is 2.66. The van der Waals surface area contributed by atoms with Crippen LogP contribution in [0.1, 0.15) is 21.5 Å². The molecule has 2 rings (SSSR count). The first-order valence-corrected chi connectivity index (χ1v) is 8.32. The average molecular weight is 370 g/mol. The van der Waals surface area contributed by atoms with Crippen molar-refractivity contribution in [1.82, 2.24) is 5.32 Å². The van der Waals surface area contributed by atoms with Crippen molar-refractivity contribution < 1.29 is 14.5 Å². The van der Waals surface area contributed by atoms with Crippen LogP contribution in [0, 0.1) is 24.0 Å². The maximum absolute atomic E-state index is 12.4. The smallest absolute Gasteiger partial charge is 0.270 e. The predicted octanol–water partition coefficient (Wildman–Crippen LogP) is 2.65. The van der Waals surface area contributed by atoms with E-state index in [1.54, 1.807) is 11.9 Å². The maximum atomic E-state index is 12.4. The number of amides is 2. The van der Waals surface area contributed by atoms with Gasteiger partial charge in [-0.3, -0.25) is 19.7 Å². The predicted molar refractivity (Wildman–Crippen MR) is 104 cm³/mol. The Labute approximate surface area is 157 Å². The summed E-state index contributed by atoms with van der Waals surface area (Å²) in [7, 11) is 3.09.